The lowest BCUT2D eigenvalue weighted by molar-refractivity contribution is -0.116. The maximum atomic E-state index is 11.7. The molecule has 0 fully saturated rings. The molecule has 2 rings (SSSR count). The van der Waals surface area contributed by atoms with Crippen molar-refractivity contribution in [3.8, 4) is 0 Å². The molecule has 2 N–H and O–H groups in total. The molecular weight excluding hydrogens is 212 g/mol. The molecule has 2 aromatic carbocycles. The molecule has 0 aliphatic heterocycles. The Morgan fingerprint density at radius 1 is 1.12 bits per heavy atom. The van der Waals surface area contributed by atoms with Crippen LogP contribution in [0.2, 0.25) is 0 Å². The first-order chi connectivity index (χ1) is 8.31. The fraction of sp³-hybridized carbons (Fsp3) is 0.214. The predicted molar refractivity (Wildman–Crippen MR) is 71.1 cm³/mol. The number of anilines is 1. The fourth-order valence-electron chi connectivity index (χ4n) is 1.79. The second kappa shape index (κ2) is 5.46. The van der Waals surface area contributed by atoms with Crippen LogP contribution in [0.25, 0.3) is 10.8 Å². The van der Waals surface area contributed by atoms with Gasteiger partial charge < -0.3 is 10.6 Å². The lowest BCUT2D eigenvalue weighted by Gasteiger charge is -2.08. The van der Waals surface area contributed by atoms with Gasteiger partial charge in [-0.05, 0) is 18.5 Å². The average molecular weight is 228 g/mol. The number of carbonyl (C=O) groups excluding carboxylic acids is 1. The number of hydrogen-bond acceptors (Lipinski definition) is 2. The largest absolute Gasteiger partial charge is 0.325 e. The van der Waals surface area contributed by atoms with Crippen LogP contribution in [-0.4, -0.2) is 19.5 Å². The predicted octanol–water partition coefficient (Wildman–Crippen LogP) is 2.39. The zero-order valence-corrected chi connectivity index (χ0v) is 9.86. The van der Waals surface area contributed by atoms with Gasteiger partial charge in [0.25, 0.3) is 0 Å². The molecule has 1 amide bonds. The Morgan fingerprint density at radius 2 is 1.88 bits per heavy atom. The zero-order chi connectivity index (χ0) is 12.1. The summed E-state index contributed by atoms with van der Waals surface area (Å²) in [7, 11) is 1.84. The molecule has 0 aliphatic rings. The second-order valence-electron chi connectivity index (χ2n) is 3.93. The molecule has 0 saturated carbocycles. The zero-order valence-electron chi connectivity index (χ0n) is 9.86. The minimum atomic E-state index is 0.0377. The monoisotopic (exact) mass is 228 g/mol. The normalized spacial score (nSPS) is 10.4. The number of hydrogen-bond donors (Lipinski definition) is 2. The summed E-state index contributed by atoms with van der Waals surface area (Å²) >= 11 is 0. The Balaban J connectivity index is 2.21. The third-order valence-electron chi connectivity index (χ3n) is 2.67. The minimum Gasteiger partial charge on any atom is -0.325 e. The summed E-state index contributed by atoms with van der Waals surface area (Å²) < 4.78 is 0. The van der Waals surface area contributed by atoms with Gasteiger partial charge in [0.1, 0.15) is 0 Å². The summed E-state index contributed by atoms with van der Waals surface area (Å²) in [5, 5.41) is 8.12. The Kier molecular flexibility index (Phi) is 3.73. The quantitative estimate of drug-likeness (QED) is 0.843. The maximum absolute atomic E-state index is 11.7. The van der Waals surface area contributed by atoms with E-state index in [1.165, 1.54) is 0 Å². The van der Waals surface area contributed by atoms with Crippen LogP contribution < -0.4 is 10.6 Å². The number of carbonyl (C=O) groups is 1. The van der Waals surface area contributed by atoms with E-state index in [4.69, 9.17) is 0 Å². The molecule has 0 bridgehead atoms. The highest BCUT2D eigenvalue weighted by molar-refractivity contribution is 6.02. The second-order valence-corrected chi connectivity index (χ2v) is 3.93. The lowest BCUT2D eigenvalue weighted by atomic mass is 10.1. The Morgan fingerprint density at radius 3 is 2.71 bits per heavy atom. The van der Waals surface area contributed by atoms with E-state index in [9.17, 15) is 4.79 Å². The Bertz CT molecular complexity index is 517. The highest BCUT2D eigenvalue weighted by Gasteiger charge is 2.04. The maximum Gasteiger partial charge on any atom is 0.225 e. The topological polar surface area (TPSA) is 41.1 Å². The Hall–Kier alpha value is -1.87. The molecule has 3 heteroatoms. The van der Waals surface area contributed by atoms with Crippen LogP contribution in [0.15, 0.2) is 42.5 Å². The molecule has 0 unspecified atom stereocenters. The smallest absolute Gasteiger partial charge is 0.225 e. The van der Waals surface area contributed by atoms with E-state index in [0.29, 0.717) is 13.0 Å². The van der Waals surface area contributed by atoms with Crippen molar-refractivity contribution in [3.05, 3.63) is 42.5 Å². The highest BCUT2D eigenvalue weighted by atomic mass is 16.1. The van der Waals surface area contributed by atoms with Gasteiger partial charge in [0, 0.05) is 24.0 Å². The highest BCUT2D eigenvalue weighted by Crippen LogP contribution is 2.22. The van der Waals surface area contributed by atoms with E-state index < -0.39 is 0 Å². The van der Waals surface area contributed by atoms with Gasteiger partial charge in [0.05, 0.1) is 0 Å². The molecule has 0 atom stereocenters. The van der Waals surface area contributed by atoms with Crippen molar-refractivity contribution in [2.24, 2.45) is 0 Å². The van der Waals surface area contributed by atoms with Crippen LogP contribution in [0.5, 0.6) is 0 Å². The first kappa shape index (κ1) is 11.6. The standard InChI is InChI=1S/C14H16N2O/c1-15-10-9-14(17)16-13-8-4-6-11-5-2-3-7-12(11)13/h2-8,15H,9-10H2,1H3,(H,16,17). The van der Waals surface area contributed by atoms with E-state index in [0.717, 1.165) is 16.5 Å². The minimum absolute atomic E-state index is 0.0377. The lowest BCUT2D eigenvalue weighted by Crippen LogP contribution is -2.18. The fourth-order valence-corrected chi connectivity index (χ4v) is 1.79. The molecule has 0 radical (unpaired) electrons. The van der Waals surface area contributed by atoms with Gasteiger partial charge in [0.15, 0.2) is 0 Å². The van der Waals surface area contributed by atoms with Crippen molar-refractivity contribution in [1.29, 1.82) is 0 Å². The SMILES string of the molecule is CNCCC(=O)Nc1cccc2ccccc12. The average Bonchev–Trinajstić information content (AvgIpc) is 2.37. The van der Waals surface area contributed by atoms with Gasteiger partial charge >= 0.3 is 0 Å². The molecule has 3 nitrogen and oxygen atoms in total. The summed E-state index contributed by atoms with van der Waals surface area (Å²) in [6.07, 6.45) is 0.486. The van der Waals surface area contributed by atoms with E-state index in [2.05, 4.69) is 10.6 Å². The van der Waals surface area contributed by atoms with Gasteiger partial charge in [0.2, 0.25) is 5.91 Å². The number of benzene rings is 2. The van der Waals surface area contributed by atoms with Crippen LogP contribution in [0.3, 0.4) is 0 Å². The summed E-state index contributed by atoms with van der Waals surface area (Å²) in [5.41, 5.74) is 0.879. The van der Waals surface area contributed by atoms with Crippen molar-refractivity contribution in [2.45, 2.75) is 6.42 Å². The van der Waals surface area contributed by atoms with Gasteiger partial charge in [-0.2, -0.15) is 0 Å². The van der Waals surface area contributed by atoms with E-state index >= 15 is 0 Å². The molecule has 0 aromatic heterocycles. The number of amides is 1. The third kappa shape index (κ3) is 2.82. The molecule has 2 aromatic rings. The van der Waals surface area contributed by atoms with Gasteiger partial charge in [-0.15, -0.1) is 0 Å². The third-order valence-corrected chi connectivity index (χ3v) is 2.67. The van der Waals surface area contributed by atoms with E-state index in [1.54, 1.807) is 0 Å². The first-order valence-corrected chi connectivity index (χ1v) is 5.73. The van der Waals surface area contributed by atoms with Crippen LogP contribution in [0.4, 0.5) is 5.69 Å². The van der Waals surface area contributed by atoms with Crippen LogP contribution in [-0.2, 0) is 4.79 Å². The molecule has 0 aliphatic carbocycles. The molecular formula is C14H16N2O. The van der Waals surface area contributed by atoms with Gasteiger partial charge in [-0.25, -0.2) is 0 Å². The molecule has 0 heterocycles. The van der Waals surface area contributed by atoms with Crippen molar-refractivity contribution in [1.82, 2.24) is 5.32 Å². The summed E-state index contributed by atoms with van der Waals surface area (Å²) in [5.74, 6) is 0.0377. The molecule has 88 valence electrons. The van der Waals surface area contributed by atoms with Crippen LogP contribution in [0.1, 0.15) is 6.42 Å². The molecule has 0 spiro atoms. The first-order valence-electron chi connectivity index (χ1n) is 5.73. The summed E-state index contributed by atoms with van der Waals surface area (Å²) in [4.78, 5) is 11.7. The number of rotatable bonds is 4. The van der Waals surface area contributed by atoms with Crippen molar-refractivity contribution in [3.63, 3.8) is 0 Å². The summed E-state index contributed by atoms with van der Waals surface area (Å²) in [6.45, 7) is 0.691. The number of fused-ring (bicyclic) bond motifs is 1. The van der Waals surface area contributed by atoms with E-state index in [-0.39, 0.29) is 5.91 Å². The Labute approximate surface area is 101 Å². The van der Waals surface area contributed by atoms with Crippen LogP contribution in [0, 0.1) is 0 Å². The van der Waals surface area contributed by atoms with Crippen LogP contribution >= 0.6 is 0 Å². The van der Waals surface area contributed by atoms with E-state index in [1.807, 2.05) is 49.5 Å². The number of nitrogens with one attached hydrogen (secondary N) is 2. The molecule has 0 saturated heterocycles. The summed E-state index contributed by atoms with van der Waals surface area (Å²) in [6, 6.07) is 14.0. The van der Waals surface area contributed by atoms with Gasteiger partial charge in [-0.3, -0.25) is 4.79 Å². The van der Waals surface area contributed by atoms with Gasteiger partial charge in [-0.1, -0.05) is 36.4 Å². The van der Waals surface area contributed by atoms with Crippen molar-refractivity contribution >= 4 is 22.4 Å². The van der Waals surface area contributed by atoms with Crippen molar-refractivity contribution in [2.75, 3.05) is 18.9 Å². The molecule has 17 heavy (non-hydrogen) atoms. The van der Waals surface area contributed by atoms with Crippen molar-refractivity contribution < 1.29 is 4.79 Å².